The van der Waals surface area contributed by atoms with Gasteiger partial charge in [0.15, 0.2) is 17.3 Å². The number of fused-ring (bicyclic) bond motifs is 1. The predicted molar refractivity (Wildman–Crippen MR) is 118 cm³/mol. The second kappa shape index (κ2) is 8.61. The molecule has 1 aliphatic heterocycles. The SMILES string of the molecule is O=C(NCc1ccc2c(c1)OCCCO2)c1nc(-c2cccs2)n(-c2ccccc2)n1. The van der Waals surface area contributed by atoms with E-state index in [1.54, 1.807) is 16.0 Å². The van der Waals surface area contributed by atoms with Gasteiger partial charge >= 0.3 is 0 Å². The zero-order chi connectivity index (χ0) is 21.0. The molecule has 0 unspecified atom stereocenters. The molecule has 8 heteroatoms. The van der Waals surface area contributed by atoms with E-state index in [0.29, 0.717) is 31.3 Å². The number of amides is 1. The molecule has 0 fully saturated rings. The third kappa shape index (κ3) is 4.15. The number of nitrogens with zero attached hydrogens (tertiary/aromatic N) is 3. The summed E-state index contributed by atoms with van der Waals surface area (Å²) in [5.74, 6) is 1.87. The Balaban J connectivity index is 1.37. The zero-order valence-corrected chi connectivity index (χ0v) is 17.5. The molecule has 31 heavy (non-hydrogen) atoms. The van der Waals surface area contributed by atoms with Gasteiger partial charge in [0, 0.05) is 13.0 Å². The summed E-state index contributed by atoms with van der Waals surface area (Å²) in [4.78, 5) is 18.3. The lowest BCUT2D eigenvalue weighted by Gasteiger charge is -2.09. The van der Waals surface area contributed by atoms with Gasteiger partial charge in [0.25, 0.3) is 5.91 Å². The van der Waals surface area contributed by atoms with Crippen LogP contribution >= 0.6 is 11.3 Å². The number of ether oxygens (including phenoxy) is 2. The van der Waals surface area contributed by atoms with Gasteiger partial charge in [0.05, 0.1) is 23.8 Å². The summed E-state index contributed by atoms with van der Waals surface area (Å²) >= 11 is 1.55. The normalized spacial score (nSPS) is 12.9. The van der Waals surface area contributed by atoms with Crippen molar-refractivity contribution in [2.45, 2.75) is 13.0 Å². The molecule has 1 amide bonds. The molecule has 0 radical (unpaired) electrons. The minimum atomic E-state index is -0.334. The quantitative estimate of drug-likeness (QED) is 0.514. The predicted octanol–water partition coefficient (Wildman–Crippen LogP) is 4.09. The largest absolute Gasteiger partial charge is 0.490 e. The highest BCUT2D eigenvalue weighted by atomic mass is 32.1. The van der Waals surface area contributed by atoms with Gasteiger partial charge in [-0.2, -0.15) is 0 Å². The standard InChI is InChI=1S/C23H20N4O3S/c28-23(24-15-16-9-10-18-19(14-16)30-12-5-11-29-18)21-25-22(20-8-4-13-31-20)27(26-21)17-6-2-1-3-7-17/h1-4,6-10,13-14H,5,11-12,15H2,(H,24,28). The first kappa shape index (κ1) is 19.3. The van der Waals surface area contributed by atoms with Crippen molar-refractivity contribution in [1.82, 2.24) is 20.1 Å². The maximum absolute atomic E-state index is 12.8. The Morgan fingerprint density at radius 2 is 1.87 bits per heavy atom. The second-order valence-electron chi connectivity index (χ2n) is 7.00. The summed E-state index contributed by atoms with van der Waals surface area (Å²) in [6, 6.07) is 19.3. The van der Waals surface area contributed by atoms with Crippen LogP contribution in [0.2, 0.25) is 0 Å². The Labute approximate surface area is 183 Å². The molecule has 0 saturated heterocycles. The van der Waals surface area contributed by atoms with Crippen LogP contribution in [0.15, 0.2) is 66.0 Å². The van der Waals surface area contributed by atoms with Crippen LogP contribution in [0.4, 0.5) is 0 Å². The van der Waals surface area contributed by atoms with Crippen LogP contribution in [0.3, 0.4) is 0 Å². The van der Waals surface area contributed by atoms with Crippen molar-refractivity contribution in [2.24, 2.45) is 0 Å². The molecule has 3 heterocycles. The first-order valence-electron chi connectivity index (χ1n) is 10.0. The molecule has 0 spiro atoms. The topological polar surface area (TPSA) is 78.3 Å². The smallest absolute Gasteiger partial charge is 0.291 e. The Bertz CT molecular complexity index is 1190. The Morgan fingerprint density at radius 1 is 1.03 bits per heavy atom. The number of hydrogen-bond donors (Lipinski definition) is 1. The van der Waals surface area contributed by atoms with Crippen molar-refractivity contribution in [1.29, 1.82) is 0 Å². The highest BCUT2D eigenvalue weighted by molar-refractivity contribution is 7.13. The van der Waals surface area contributed by atoms with E-state index >= 15 is 0 Å². The maximum Gasteiger partial charge on any atom is 0.291 e. The number of para-hydroxylation sites is 1. The highest BCUT2D eigenvalue weighted by Gasteiger charge is 2.19. The van der Waals surface area contributed by atoms with Gasteiger partial charge in [-0.05, 0) is 41.3 Å². The average Bonchev–Trinajstić information content (AvgIpc) is 3.43. The summed E-state index contributed by atoms with van der Waals surface area (Å²) in [5.41, 5.74) is 1.76. The van der Waals surface area contributed by atoms with E-state index in [9.17, 15) is 4.79 Å². The van der Waals surface area contributed by atoms with E-state index in [1.165, 1.54) is 0 Å². The van der Waals surface area contributed by atoms with Crippen molar-refractivity contribution in [3.63, 3.8) is 0 Å². The van der Waals surface area contributed by atoms with Crippen LogP contribution in [0, 0.1) is 0 Å². The summed E-state index contributed by atoms with van der Waals surface area (Å²) in [7, 11) is 0. The zero-order valence-electron chi connectivity index (χ0n) is 16.7. The summed E-state index contributed by atoms with van der Waals surface area (Å²) in [6.45, 7) is 1.60. The molecule has 5 rings (SSSR count). The van der Waals surface area contributed by atoms with E-state index in [0.717, 1.165) is 28.3 Å². The first-order valence-corrected chi connectivity index (χ1v) is 10.9. The van der Waals surface area contributed by atoms with Gasteiger partial charge in [0.1, 0.15) is 0 Å². The number of benzene rings is 2. The lowest BCUT2D eigenvalue weighted by molar-refractivity contribution is 0.0940. The number of thiophene rings is 1. The molecule has 0 bridgehead atoms. The number of rotatable bonds is 5. The van der Waals surface area contributed by atoms with Crippen LogP contribution in [0.5, 0.6) is 11.5 Å². The molecule has 1 N–H and O–H groups in total. The van der Waals surface area contributed by atoms with Crippen molar-refractivity contribution in [3.05, 3.63) is 77.4 Å². The van der Waals surface area contributed by atoms with E-state index < -0.39 is 0 Å². The molecular weight excluding hydrogens is 412 g/mol. The molecular formula is C23H20N4O3S. The third-order valence-corrected chi connectivity index (χ3v) is 5.68. The number of hydrogen-bond acceptors (Lipinski definition) is 6. The number of nitrogens with one attached hydrogen (secondary N) is 1. The molecule has 0 atom stereocenters. The van der Waals surface area contributed by atoms with Crippen LogP contribution in [-0.4, -0.2) is 33.9 Å². The summed E-state index contributed by atoms with van der Waals surface area (Å²) < 4.78 is 13.1. The van der Waals surface area contributed by atoms with Crippen LogP contribution < -0.4 is 14.8 Å². The molecule has 4 aromatic rings. The van der Waals surface area contributed by atoms with Gasteiger partial charge < -0.3 is 14.8 Å². The molecule has 1 aliphatic rings. The van der Waals surface area contributed by atoms with Gasteiger partial charge in [-0.25, -0.2) is 9.67 Å². The van der Waals surface area contributed by atoms with E-state index in [1.807, 2.05) is 66.0 Å². The number of carbonyl (C=O) groups is 1. The van der Waals surface area contributed by atoms with E-state index in [4.69, 9.17) is 9.47 Å². The summed E-state index contributed by atoms with van der Waals surface area (Å²) in [5, 5.41) is 9.37. The molecule has 156 valence electrons. The second-order valence-corrected chi connectivity index (χ2v) is 7.95. The van der Waals surface area contributed by atoms with E-state index in [2.05, 4.69) is 15.4 Å². The van der Waals surface area contributed by atoms with Crippen LogP contribution in [-0.2, 0) is 6.54 Å². The van der Waals surface area contributed by atoms with Crippen LogP contribution in [0.1, 0.15) is 22.6 Å². The minimum Gasteiger partial charge on any atom is -0.490 e. The molecule has 2 aromatic carbocycles. The molecule has 2 aromatic heterocycles. The van der Waals surface area contributed by atoms with Crippen molar-refractivity contribution in [3.8, 4) is 27.9 Å². The Kier molecular flexibility index (Phi) is 5.37. The summed E-state index contributed by atoms with van der Waals surface area (Å²) in [6.07, 6.45) is 0.850. The Hall–Kier alpha value is -3.65. The van der Waals surface area contributed by atoms with Crippen molar-refractivity contribution < 1.29 is 14.3 Å². The minimum absolute atomic E-state index is 0.126. The van der Waals surface area contributed by atoms with Crippen molar-refractivity contribution in [2.75, 3.05) is 13.2 Å². The van der Waals surface area contributed by atoms with E-state index in [-0.39, 0.29) is 11.7 Å². The van der Waals surface area contributed by atoms with Gasteiger partial charge in [-0.3, -0.25) is 4.79 Å². The van der Waals surface area contributed by atoms with Crippen molar-refractivity contribution >= 4 is 17.2 Å². The van der Waals surface area contributed by atoms with Gasteiger partial charge in [-0.15, -0.1) is 16.4 Å². The molecule has 0 aliphatic carbocycles. The lowest BCUT2D eigenvalue weighted by atomic mass is 10.2. The number of carbonyl (C=O) groups excluding carboxylic acids is 1. The average molecular weight is 433 g/mol. The fraction of sp³-hybridized carbons (Fsp3) is 0.174. The monoisotopic (exact) mass is 432 g/mol. The lowest BCUT2D eigenvalue weighted by Crippen LogP contribution is -2.24. The van der Waals surface area contributed by atoms with Gasteiger partial charge in [-0.1, -0.05) is 30.3 Å². The fourth-order valence-electron chi connectivity index (χ4n) is 3.30. The van der Waals surface area contributed by atoms with Crippen LogP contribution in [0.25, 0.3) is 16.4 Å². The fourth-order valence-corrected chi connectivity index (χ4v) is 4.00. The molecule has 7 nitrogen and oxygen atoms in total. The first-order chi connectivity index (χ1) is 15.3. The molecule has 0 saturated carbocycles. The maximum atomic E-state index is 12.8. The number of aromatic nitrogens is 3. The third-order valence-electron chi connectivity index (χ3n) is 4.82. The van der Waals surface area contributed by atoms with Gasteiger partial charge in [0.2, 0.25) is 5.82 Å². The highest BCUT2D eigenvalue weighted by Crippen LogP contribution is 2.30. The Morgan fingerprint density at radius 3 is 2.68 bits per heavy atom.